The van der Waals surface area contributed by atoms with Crippen LogP contribution in [0.5, 0.6) is 0 Å². The Kier molecular flexibility index (Phi) is 4.56. The Morgan fingerprint density at radius 1 is 1.50 bits per heavy atom. The van der Waals surface area contributed by atoms with Crippen LogP contribution in [0.2, 0.25) is 0 Å². The van der Waals surface area contributed by atoms with Crippen LogP contribution in [0.1, 0.15) is 12.5 Å². The molecule has 0 aromatic heterocycles. The van der Waals surface area contributed by atoms with Gasteiger partial charge in [0.1, 0.15) is 17.7 Å². The summed E-state index contributed by atoms with van der Waals surface area (Å²) in [6.45, 7) is 1.54. The highest BCUT2D eigenvalue weighted by Gasteiger charge is 2.19. The number of carbonyl (C=O) groups is 1. The van der Waals surface area contributed by atoms with Gasteiger partial charge >= 0.3 is 0 Å². The number of Topliss-reactive ketones (excluding diaryl/α,β-unsaturated/α-hetero) is 1. The number of hydrogen-bond donors (Lipinski definition) is 0. The monoisotopic (exact) mass is 292 g/mol. The summed E-state index contributed by atoms with van der Waals surface area (Å²) >= 11 is 2.94. The minimum atomic E-state index is -0.739. The largest absolute Gasteiger partial charge is 0.374 e. The molecule has 0 aliphatic heterocycles. The highest BCUT2D eigenvalue weighted by molar-refractivity contribution is 9.10. The molecule has 0 aliphatic rings. The van der Waals surface area contributed by atoms with Crippen LogP contribution >= 0.6 is 15.9 Å². The fourth-order valence-corrected chi connectivity index (χ4v) is 1.55. The molecule has 88 valence electrons. The predicted octanol–water partition coefficient (Wildman–Crippen LogP) is 2.87. The number of benzene rings is 1. The Labute approximate surface area is 101 Å². The van der Waals surface area contributed by atoms with Crippen molar-refractivity contribution in [3.8, 4) is 0 Å². The number of carbonyl (C=O) groups excluding carboxylic acids is 1. The topological polar surface area (TPSA) is 26.3 Å². The van der Waals surface area contributed by atoms with Gasteiger partial charge in [-0.15, -0.1) is 0 Å². The van der Waals surface area contributed by atoms with Crippen LogP contribution in [0.25, 0.3) is 0 Å². The first-order valence-electron chi connectivity index (χ1n) is 4.65. The summed E-state index contributed by atoms with van der Waals surface area (Å²) in [5.41, 5.74) is -0.233. The molecule has 0 saturated carbocycles. The van der Waals surface area contributed by atoms with E-state index in [1.807, 2.05) is 0 Å². The molecule has 5 heteroatoms. The summed E-state index contributed by atoms with van der Waals surface area (Å²) in [6.07, 6.45) is -0.982. The lowest BCUT2D eigenvalue weighted by Crippen LogP contribution is -2.22. The molecule has 1 atom stereocenters. The summed E-state index contributed by atoms with van der Waals surface area (Å²) in [6, 6.07) is 2.38. The Hall–Kier alpha value is -0.810. The van der Waals surface area contributed by atoms with Gasteiger partial charge in [0.2, 0.25) is 0 Å². The van der Waals surface area contributed by atoms with E-state index in [9.17, 15) is 13.6 Å². The minimum Gasteiger partial charge on any atom is -0.374 e. The molecule has 0 heterocycles. The predicted molar refractivity (Wildman–Crippen MR) is 59.2 cm³/mol. The summed E-state index contributed by atoms with van der Waals surface area (Å²) in [7, 11) is 1.37. The fraction of sp³-hybridized carbons (Fsp3) is 0.364. The van der Waals surface area contributed by atoms with Gasteiger partial charge < -0.3 is 4.74 Å². The zero-order valence-corrected chi connectivity index (χ0v) is 10.5. The number of halogens is 3. The molecule has 0 saturated heterocycles. The van der Waals surface area contributed by atoms with E-state index in [2.05, 4.69) is 15.9 Å². The van der Waals surface area contributed by atoms with Crippen LogP contribution in [0.3, 0.4) is 0 Å². The molecule has 0 spiro atoms. The van der Waals surface area contributed by atoms with Crippen molar-refractivity contribution in [2.24, 2.45) is 0 Å². The molecular formula is C11H11BrF2O2. The first kappa shape index (κ1) is 13.3. The van der Waals surface area contributed by atoms with Gasteiger partial charge in [0.25, 0.3) is 0 Å². The molecule has 0 N–H and O–H groups in total. The molecule has 0 amide bonds. The number of ether oxygens (including phenoxy) is 1. The lowest BCUT2D eigenvalue weighted by Gasteiger charge is -2.10. The highest BCUT2D eigenvalue weighted by Crippen LogP contribution is 2.22. The maximum Gasteiger partial charge on any atom is 0.165 e. The zero-order valence-electron chi connectivity index (χ0n) is 8.89. The molecule has 16 heavy (non-hydrogen) atoms. The third-order valence-corrected chi connectivity index (χ3v) is 2.91. The molecule has 0 aliphatic carbocycles. The maximum absolute atomic E-state index is 13.5. The van der Waals surface area contributed by atoms with Gasteiger partial charge in [0.05, 0.1) is 4.47 Å². The molecule has 0 fully saturated rings. The number of hydrogen-bond acceptors (Lipinski definition) is 2. The molecule has 2 nitrogen and oxygen atoms in total. The second-order valence-corrected chi connectivity index (χ2v) is 4.20. The number of ketones is 1. The van der Waals surface area contributed by atoms with Crippen LogP contribution in [0, 0.1) is 11.6 Å². The summed E-state index contributed by atoms with van der Waals surface area (Å²) < 4.78 is 31.7. The quantitative estimate of drug-likeness (QED) is 0.798. The van der Waals surface area contributed by atoms with Crippen molar-refractivity contribution in [1.82, 2.24) is 0 Å². The van der Waals surface area contributed by atoms with Crippen molar-refractivity contribution < 1.29 is 18.3 Å². The molecule has 1 rings (SSSR count). The Morgan fingerprint density at radius 2 is 2.12 bits per heavy atom. The van der Waals surface area contributed by atoms with Crippen LogP contribution in [0.4, 0.5) is 8.78 Å². The van der Waals surface area contributed by atoms with Crippen molar-refractivity contribution in [2.75, 3.05) is 7.11 Å². The molecule has 0 bridgehead atoms. The van der Waals surface area contributed by atoms with Crippen molar-refractivity contribution in [2.45, 2.75) is 19.4 Å². The minimum absolute atomic E-state index is 0.141. The summed E-state index contributed by atoms with van der Waals surface area (Å²) in [5.74, 6) is -1.83. The van der Waals surface area contributed by atoms with Crippen molar-refractivity contribution >= 4 is 21.7 Å². The third kappa shape index (κ3) is 2.86. The third-order valence-electron chi connectivity index (χ3n) is 2.30. The van der Waals surface area contributed by atoms with Gasteiger partial charge in [-0.25, -0.2) is 8.78 Å². The van der Waals surface area contributed by atoms with Crippen molar-refractivity contribution in [1.29, 1.82) is 0 Å². The van der Waals surface area contributed by atoms with Gasteiger partial charge in [-0.3, -0.25) is 4.79 Å². The van der Waals surface area contributed by atoms with Gasteiger partial charge in [-0.2, -0.15) is 0 Å². The Balaban J connectivity index is 2.97. The zero-order chi connectivity index (χ0) is 12.3. The SMILES string of the molecule is COC(C)C(=O)Cc1c(F)ccc(Br)c1F. The lowest BCUT2D eigenvalue weighted by molar-refractivity contribution is -0.127. The van der Waals surface area contributed by atoms with Crippen LogP contribution < -0.4 is 0 Å². The van der Waals surface area contributed by atoms with Gasteiger partial charge in [-0.1, -0.05) is 0 Å². The average Bonchev–Trinajstić information content (AvgIpc) is 2.28. The smallest absolute Gasteiger partial charge is 0.165 e. The summed E-state index contributed by atoms with van der Waals surface area (Å²) in [4.78, 5) is 11.5. The van der Waals surface area contributed by atoms with Gasteiger partial charge in [-0.05, 0) is 35.0 Å². The van der Waals surface area contributed by atoms with Crippen molar-refractivity contribution in [3.05, 3.63) is 33.8 Å². The van der Waals surface area contributed by atoms with E-state index in [-0.39, 0.29) is 22.2 Å². The van der Waals surface area contributed by atoms with Crippen molar-refractivity contribution in [3.63, 3.8) is 0 Å². The van der Waals surface area contributed by atoms with Crippen LogP contribution in [-0.2, 0) is 16.0 Å². The van der Waals surface area contributed by atoms with Gasteiger partial charge in [0.15, 0.2) is 5.78 Å². The van der Waals surface area contributed by atoms with E-state index in [0.29, 0.717) is 0 Å². The van der Waals surface area contributed by atoms with Gasteiger partial charge in [0, 0.05) is 19.1 Å². The standard InChI is InChI=1S/C11H11BrF2O2/c1-6(16-2)10(15)5-7-9(13)4-3-8(12)11(7)14/h3-4,6H,5H2,1-2H3. The number of rotatable bonds is 4. The van der Waals surface area contributed by atoms with E-state index in [1.165, 1.54) is 20.1 Å². The molecular weight excluding hydrogens is 282 g/mol. The lowest BCUT2D eigenvalue weighted by atomic mass is 10.1. The normalized spacial score (nSPS) is 12.6. The molecule has 1 aromatic rings. The molecule has 1 unspecified atom stereocenters. The Bertz CT molecular complexity index is 407. The van der Waals surface area contributed by atoms with E-state index in [4.69, 9.17) is 4.74 Å². The first-order chi connectivity index (χ1) is 7.47. The highest BCUT2D eigenvalue weighted by atomic mass is 79.9. The van der Waals surface area contributed by atoms with E-state index in [1.54, 1.807) is 0 Å². The number of methoxy groups -OCH3 is 1. The average molecular weight is 293 g/mol. The fourth-order valence-electron chi connectivity index (χ4n) is 1.18. The second kappa shape index (κ2) is 5.50. The first-order valence-corrected chi connectivity index (χ1v) is 5.44. The molecule has 1 aromatic carbocycles. The molecule has 0 radical (unpaired) electrons. The van der Waals surface area contributed by atoms with E-state index in [0.717, 1.165) is 6.07 Å². The second-order valence-electron chi connectivity index (χ2n) is 3.34. The van der Waals surface area contributed by atoms with E-state index < -0.39 is 17.7 Å². The van der Waals surface area contributed by atoms with E-state index >= 15 is 0 Å². The van der Waals surface area contributed by atoms with Crippen LogP contribution in [-0.4, -0.2) is 19.0 Å². The summed E-state index contributed by atoms with van der Waals surface area (Å²) in [5, 5.41) is 0. The van der Waals surface area contributed by atoms with Crippen LogP contribution in [0.15, 0.2) is 16.6 Å². The Morgan fingerprint density at radius 3 is 2.69 bits per heavy atom. The maximum atomic E-state index is 13.5.